The Morgan fingerprint density at radius 1 is 1.12 bits per heavy atom. The summed E-state index contributed by atoms with van der Waals surface area (Å²) in [4.78, 5) is 4.33. The van der Waals surface area contributed by atoms with Crippen LogP contribution in [0.1, 0.15) is 12.0 Å². The number of nitrogens with one attached hydrogen (secondary N) is 1. The van der Waals surface area contributed by atoms with Crippen molar-refractivity contribution in [1.82, 2.24) is 5.32 Å². The second kappa shape index (κ2) is 4.17. The maximum atomic E-state index is 14.0. The molecule has 17 heavy (non-hydrogen) atoms. The Morgan fingerprint density at radius 2 is 1.88 bits per heavy atom. The summed E-state index contributed by atoms with van der Waals surface area (Å²) >= 11 is 0. The minimum atomic E-state index is -0.211. The molecule has 0 spiro atoms. The van der Waals surface area contributed by atoms with Crippen LogP contribution < -0.4 is 5.32 Å². The van der Waals surface area contributed by atoms with Crippen molar-refractivity contribution in [3.05, 3.63) is 47.8 Å². The highest BCUT2D eigenvalue weighted by molar-refractivity contribution is 6.02. The Balaban J connectivity index is 2.15. The van der Waals surface area contributed by atoms with Gasteiger partial charge in [-0.1, -0.05) is 24.3 Å². The molecule has 2 nitrogen and oxygen atoms in total. The Bertz CT molecular complexity index is 590. The lowest BCUT2D eigenvalue weighted by atomic mass is 10.1. The quantitative estimate of drug-likeness (QED) is 0.797. The van der Waals surface area contributed by atoms with Crippen LogP contribution in [0.4, 0.5) is 4.39 Å². The third-order valence-corrected chi connectivity index (χ3v) is 2.99. The predicted molar refractivity (Wildman–Crippen MR) is 67.9 cm³/mol. The highest BCUT2D eigenvalue weighted by Gasteiger charge is 2.12. The lowest BCUT2D eigenvalue weighted by molar-refractivity contribution is 0.623. The van der Waals surface area contributed by atoms with Gasteiger partial charge in [-0.25, -0.2) is 4.39 Å². The first kappa shape index (κ1) is 10.3. The molecule has 86 valence electrons. The summed E-state index contributed by atoms with van der Waals surface area (Å²) in [6, 6.07) is 11.2. The predicted octanol–water partition coefficient (Wildman–Crippen LogP) is 2.72. The van der Waals surface area contributed by atoms with Gasteiger partial charge in [0.25, 0.3) is 0 Å². The second-order valence-corrected chi connectivity index (χ2v) is 4.19. The molecule has 0 unspecified atom stereocenters. The van der Waals surface area contributed by atoms with Crippen molar-refractivity contribution in [2.75, 3.05) is 13.1 Å². The second-order valence-electron chi connectivity index (χ2n) is 4.19. The zero-order valence-corrected chi connectivity index (χ0v) is 9.41. The number of nitrogens with zero attached hydrogens (tertiary/aromatic N) is 1. The van der Waals surface area contributed by atoms with Crippen molar-refractivity contribution in [3.63, 3.8) is 0 Å². The van der Waals surface area contributed by atoms with Gasteiger partial charge in [0.05, 0.1) is 5.56 Å². The normalized spacial score (nSPS) is 15.5. The topological polar surface area (TPSA) is 24.4 Å². The molecule has 0 aliphatic carbocycles. The number of rotatable bonds is 1. The standard InChI is InChI=1S/C14H13FN2/c15-13-9-11-5-2-1-4-10(11)8-12(13)14-16-6-3-7-17-14/h1-2,4-5,8-9H,3,6-7H2,(H,16,17). The van der Waals surface area contributed by atoms with E-state index in [-0.39, 0.29) is 5.82 Å². The average Bonchev–Trinajstić information content (AvgIpc) is 2.39. The highest BCUT2D eigenvalue weighted by Crippen LogP contribution is 2.19. The van der Waals surface area contributed by atoms with Gasteiger partial charge in [-0.05, 0) is 29.3 Å². The van der Waals surface area contributed by atoms with Crippen LogP contribution in [0.3, 0.4) is 0 Å². The number of hydrogen-bond acceptors (Lipinski definition) is 2. The van der Waals surface area contributed by atoms with Crippen LogP contribution in [0.15, 0.2) is 41.4 Å². The molecule has 0 saturated heterocycles. The summed E-state index contributed by atoms with van der Waals surface area (Å²) in [5, 5.41) is 5.11. The summed E-state index contributed by atoms with van der Waals surface area (Å²) in [6.07, 6.45) is 1.01. The molecule has 1 N–H and O–H groups in total. The Kier molecular flexibility index (Phi) is 2.52. The van der Waals surface area contributed by atoms with Gasteiger partial charge in [0, 0.05) is 13.1 Å². The van der Waals surface area contributed by atoms with E-state index < -0.39 is 0 Å². The van der Waals surface area contributed by atoms with Crippen LogP contribution >= 0.6 is 0 Å². The number of hydrogen-bond donors (Lipinski definition) is 1. The van der Waals surface area contributed by atoms with E-state index in [1.165, 1.54) is 0 Å². The van der Waals surface area contributed by atoms with Crippen LogP contribution in [0.2, 0.25) is 0 Å². The average molecular weight is 228 g/mol. The van der Waals surface area contributed by atoms with E-state index in [1.54, 1.807) is 6.07 Å². The molecule has 0 aromatic heterocycles. The molecule has 1 aliphatic rings. The summed E-state index contributed by atoms with van der Waals surface area (Å²) in [5.74, 6) is 0.469. The minimum Gasteiger partial charge on any atom is -0.370 e. The van der Waals surface area contributed by atoms with Gasteiger partial charge in [0.2, 0.25) is 0 Å². The van der Waals surface area contributed by atoms with Crippen molar-refractivity contribution in [1.29, 1.82) is 0 Å². The lowest BCUT2D eigenvalue weighted by Crippen LogP contribution is -2.30. The Labute approximate surface area is 99.2 Å². The van der Waals surface area contributed by atoms with E-state index in [9.17, 15) is 4.39 Å². The number of amidine groups is 1. The molecule has 0 atom stereocenters. The third kappa shape index (κ3) is 1.88. The molecule has 3 rings (SSSR count). The van der Waals surface area contributed by atoms with E-state index in [2.05, 4.69) is 10.3 Å². The van der Waals surface area contributed by atoms with Crippen molar-refractivity contribution >= 4 is 16.6 Å². The fourth-order valence-electron chi connectivity index (χ4n) is 2.11. The zero-order chi connectivity index (χ0) is 11.7. The number of aliphatic imine (C=N–C) groups is 1. The van der Waals surface area contributed by atoms with E-state index in [4.69, 9.17) is 0 Å². The summed E-state index contributed by atoms with van der Waals surface area (Å²) in [7, 11) is 0. The molecule has 2 aromatic carbocycles. The first-order chi connectivity index (χ1) is 8.34. The fraction of sp³-hybridized carbons (Fsp3) is 0.214. The highest BCUT2D eigenvalue weighted by atomic mass is 19.1. The van der Waals surface area contributed by atoms with Crippen molar-refractivity contribution < 1.29 is 4.39 Å². The fourth-order valence-corrected chi connectivity index (χ4v) is 2.11. The van der Waals surface area contributed by atoms with Gasteiger partial charge in [0.15, 0.2) is 0 Å². The van der Waals surface area contributed by atoms with Crippen LogP contribution in [-0.2, 0) is 0 Å². The van der Waals surface area contributed by atoms with E-state index in [0.717, 1.165) is 30.3 Å². The van der Waals surface area contributed by atoms with Gasteiger partial charge in [0.1, 0.15) is 11.7 Å². The molecule has 0 bridgehead atoms. The number of halogens is 1. The largest absolute Gasteiger partial charge is 0.370 e. The van der Waals surface area contributed by atoms with Gasteiger partial charge >= 0.3 is 0 Å². The molecule has 0 amide bonds. The first-order valence-electron chi connectivity index (χ1n) is 5.81. The molecule has 1 heterocycles. The van der Waals surface area contributed by atoms with Crippen molar-refractivity contribution in [2.24, 2.45) is 4.99 Å². The molecular formula is C14H13FN2. The molecule has 0 radical (unpaired) electrons. The molecular weight excluding hydrogens is 215 g/mol. The third-order valence-electron chi connectivity index (χ3n) is 2.99. The van der Waals surface area contributed by atoms with Crippen LogP contribution in [-0.4, -0.2) is 18.9 Å². The maximum Gasteiger partial charge on any atom is 0.134 e. The molecule has 1 aliphatic heterocycles. The van der Waals surface area contributed by atoms with Crippen LogP contribution in [0.25, 0.3) is 10.8 Å². The minimum absolute atomic E-state index is 0.211. The SMILES string of the molecule is Fc1cc2ccccc2cc1C1=NCCCN1. The van der Waals surface area contributed by atoms with E-state index in [0.29, 0.717) is 11.4 Å². The summed E-state index contributed by atoms with van der Waals surface area (Å²) in [5.41, 5.74) is 0.573. The Hall–Kier alpha value is -1.90. The number of fused-ring (bicyclic) bond motifs is 1. The molecule has 3 heteroatoms. The Morgan fingerprint density at radius 3 is 2.59 bits per heavy atom. The van der Waals surface area contributed by atoms with Crippen molar-refractivity contribution in [2.45, 2.75) is 6.42 Å². The van der Waals surface area contributed by atoms with Gasteiger partial charge in [-0.15, -0.1) is 0 Å². The van der Waals surface area contributed by atoms with Crippen molar-refractivity contribution in [3.8, 4) is 0 Å². The van der Waals surface area contributed by atoms with Gasteiger partial charge in [-0.3, -0.25) is 4.99 Å². The molecule has 0 fully saturated rings. The first-order valence-corrected chi connectivity index (χ1v) is 5.81. The summed E-state index contributed by atoms with van der Waals surface area (Å²) < 4.78 is 14.0. The summed E-state index contributed by atoms with van der Waals surface area (Å²) in [6.45, 7) is 1.64. The van der Waals surface area contributed by atoms with Gasteiger partial charge < -0.3 is 5.32 Å². The van der Waals surface area contributed by atoms with E-state index >= 15 is 0 Å². The molecule has 0 saturated carbocycles. The van der Waals surface area contributed by atoms with E-state index in [1.807, 2.05) is 30.3 Å². The lowest BCUT2D eigenvalue weighted by Gasteiger charge is -2.15. The smallest absolute Gasteiger partial charge is 0.134 e. The van der Waals surface area contributed by atoms with Gasteiger partial charge in [-0.2, -0.15) is 0 Å². The van der Waals surface area contributed by atoms with Crippen LogP contribution in [0, 0.1) is 5.82 Å². The monoisotopic (exact) mass is 228 g/mol. The molecule has 2 aromatic rings. The zero-order valence-electron chi connectivity index (χ0n) is 9.41. The maximum absolute atomic E-state index is 14.0. The number of benzene rings is 2. The van der Waals surface area contributed by atoms with Crippen LogP contribution in [0.5, 0.6) is 0 Å².